The highest BCUT2D eigenvalue weighted by atomic mass is 35.5. The van der Waals surface area contributed by atoms with Crippen molar-refractivity contribution in [1.82, 2.24) is 5.32 Å². The second-order valence-corrected chi connectivity index (χ2v) is 3.46. The van der Waals surface area contributed by atoms with Gasteiger partial charge in [0, 0.05) is 13.1 Å². The fraction of sp³-hybridized carbons (Fsp3) is 0.455. The van der Waals surface area contributed by atoms with E-state index in [0.717, 1.165) is 18.7 Å². The average Bonchev–Trinajstić information content (AvgIpc) is 2.31. The lowest BCUT2D eigenvalue weighted by Gasteiger charge is -2.24. The van der Waals surface area contributed by atoms with E-state index in [9.17, 15) is 4.39 Å². The van der Waals surface area contributed by atoms with Crippen molar-refractivity contribution < 1.29 is 13.9 Å². The van der Waals surface area contributed by atoms with Crippen LogP contribution in [0.3, 0.4) is 0 Å². The normalized spacial score (nSPS) is 20.0. The van der Waals surface area contributed by atoms with Gasteiger partial charge in [-0.3, -0.25) is 0 Å². The highest BCUT2D eigenvalue weighted by molar-refractivity contribution is 5.85. The molecule has 1 N–H and O–H groups in total. The van der Waals surface area contributed by atoms with E-state index in [1.165, 1.54) is 13.2 Å². The van der Waals surface area contributed by atoms with Crippen molar-refractivity contribution in [1.29, 1.82) is 0 Å². The van der Waals surface area contributed by atoms with Crippen LogP contribution in [0, 0.1) is 5.82 Å². The molecule has 3 nitrogen and oxygen atoms in total. The van der Waals surface area contributed by atoms with Crippen molar-refractivity contribution in [3.63, 3.8) is 0 Å². The topological polar surface area (TPSA) is 30.5 Å². The van der Waals surface area contributed by atoms with E-state index in [-0.39, 0.29) is 30.1 Å². The van der Waals surface area contributed by atoms with Gasteiger partial charge in [0.1, 0.15) is 0 Å². The number of hydrogen-bond donors (Lipinski definition) is 1. The quantitative estimate of drug-likeness (QED) is 0.866. The molecule has 5 heteroatoms. The molecule has 0 spiro atoms. The molecule has 0 amide bonds. The first-order valence-corrected chi connectivity index (χ1v) is 4.97. The van der Waals surface area contributed by atoms with Crippen molar-refractivity contribution in [3.05, 3.63) is 29.6 Å². The van der Waals surface area contributed by atoms with Crippen LogP contribution in [0.2, 0.25) is 0 Å². The summed E-state index contributed by atoms with van der Waals surface area (Å²) in [7, 11) is 1.46. The summed E-state index contributed by atoms with van der Waals surface area (Å²) in [5.74, 6) is -0.0771. The molecule has 0 bridgehead atoms. The summed E-state index contributed by atoms with van der Waals surface area (Å²) < 4.78 is 23.6. The number of rotatable bonds is 2. The molecule has 0 aromatic heterocycles. The second-order valence-electron chi connectivity index (χ2n) is 3.46. The van der Waals surface area contributed by atoms with Crippen LogP contribution in [-0.4, -0.2) is 26.8 Å². The summed E-state index contributed by atoms with van der Waals surface area (Å²) in [5, 5.41) is 3.23. The molecular weight excluding hydrogens is 233 g/mol. The minimum Gasteiger partial charge on any atom is -0.494 e. The standard InChI is InChI=1S/C11H14FNO2.ClH/c1-14-10-6-8(2-3-9(10)12)11-7-13-4-5-15-11;/h2-3,6,11,13H,4-5,7H2,1H3;1H. The van der Waals surface area contributed by atoms with Gasteiger partial charge in [-0.05, 0) is 17.7 Å². The van der Waals surface area contributed by atoms with Gasteiger partial charge in [-0.15, -0.1) is 12.4 Å². The summed E-state index contributed by atoms with van der Waals surface area (Å²) in [6.45, 7) is 2.31. The molecule has 1 atom stereocenters. The Hall–Kier alpha value is -0.840. The number of nitrogens with one attached hydrogen (secondary N) is 1. The van der Waals surface area contributed by atoms with Crippen LogP contribution in [0.4, 0.5) is 4.39 Å². The van der Waals surface area contributed by atoms with Crippen LogP contribution in [-0.2, 0) is 4.74 Å². The molecule has 1 aliphatic heterocycles. The third kappa shape index (κ3) is 2.84. The van der Waals surface area contributed by atoms with Crippen LogP contribution < -0.4 is 10.1 Å². The van der Waals surface area contributed by atoms with Crippen molar-refractivity contribution >= 4 is 12.4 Å². The molecular formula is C11H15ClFNO2. The van der Waals surface area contributed by atoms with Crippen LogP contribution in [0.5, 0.6) is 5.75 Å². The van der Waals surface area contributed by atoms with Gasteiger partial charge < -0.3 is 14.8 Å². The predicted molar refractivity (Wildman–Crippen MR) is 61.8 cm³/mol. The molecule has 1 aromatic rings. The first-order valence-electron chi connectivity index (χ1n) is 4.97. The molecule has 1 fully saturated rings. The predicted octanol–water partition coefficient (Wildman–Crippen LogP) is 1.92. The lowest BCUT2D eigenvalue weighted by atomic mass is 10.1. The lowest BCUT2D eigenvalue weighted by Crippen LogP contribution is -2.33. The number of methoxy groups -OCH3 is 1. The van der Waals surface area contributed by atoms with Crippen molar-refractivity contribution in [2.75, 3.05) is 26.8 Å². The smallest absolute Gasteiger partial charge is 0.165 e. The number of hydrogen-bond acceptors (Lipinski definition) is 3. The Bertz CT molecular complexity index is 343. The molecule has 2 rings (SSSR count). The SMILES string of the molecule is COc1cc(C2CNCCO2)ccc1F.Cl. The molecule has 90 valence electrons. The van der Waals surface area contributed by atoms with Gasteiger partial charge in [-0.25, -0.2) is 4.39 Å². The Labute approximate surface area is 100 Å². The molecule has 0 aliphatic carbocycles. The van der Waals surface area contributed by atoms with E-state index in [1.54, 1.807) is 12.1 Å². The molecule has 1 aliphatic rings. The van der Waals surface area contributed by atoms with E-state index < -0.39 is 0 Å². The third-order valence-corrected chi connectivity index (χ3v) is 2.47. The van der Waals surface area contributed by atoms with Gasteiger partial charge >= 0.3 is 0 Å². The fourth-order valence-electron chi connectivity index (χ4n) is 1.66. The summed E-state index contributed by atoms with van der Waals surface area (Å²) >= 11 is 0. The molecule has 0 radical (unpaired) electrons. The van der Waals surface area contributed by atoms with Crippen molar-refractivity contribution in [2.45, 2.75) is 6.10 Å². The first-order chi connectivity index (χ1) is 7.31. The summed E-state index contributed by atoms with van der Waals surface area (Å²) in [4.78, 5) is 0. The highest BCUT2D eigenvalue weighted by Crippen LogP contribution is 2.25. The largest absolute Gasteiger partial charge is 0.494 e. The van der Waals surface area contributed by atoms with Crippen molar-refractivity contribution in [2.24, 2.45) is 0 Å². The number of ether oxygens (including phenoxy) is 2. The second kappa shape index (κ2) is 6.03. The zero-order valence-electron chi connectivity index (χ0n) is 9.03. The number of halogens is 2. The van der Waals surface area contributed by atoms with Gasteiger partial charge in [0.15, 0.2) is 11.6 Å². The maximum atomic E-state index is 13.2. The van der Waals surface area contributed by atoms with Crippen LogP contribution in [0.15, 0.2) is 18.2 Å². The van der Waals surface area contributed by atoms with Crippen molar-refractivity contribution in [3.8, 4) is 5.75 Å². The highest BCUT2D eigenvalue weighted by Gasteiger charge is 2.17. The number of benzene rings is 1. The van der Waals surface area contributed by atoms with E-state index in [2.05, 4.69) is 5.32 Å². The van der Waals surface area contributed by atoms with E-state index in [0.29, 0.717) is 6.61 Å². The Kier molecular flexibility index (Phi) is 4.99. The fourth-order valence-corrected chi connectivity index (χ4v) is 1.66. The lowest BCUT2D eigenvalue weighted by molar-refractivity contribution is 0.0275. The van der Waals surface area contributed by atoms with Crippen LogP contribution in [0.1, 0.15) is 11.7 Å². The van der Waals surface area contributed by atoms with Gasteiger partial charge in [-0.1, -0.05) is 6.07 Å². The van der Waals surface area contributed by atoms with Gasteiger partial charge in [-0.2, -0.15) is 0 Å². The molecule has 1 heterocycles. The maximum Gasteiger partial charge on any atom is 0.165 e. The monoisotopic (exact) mass is 247 g/mol. The van der Waals surface area contributed by atoms with E-state index in [4.69, 9.17) is 9.47 Å². The molecule has 1 aromatic carbocycles. The van der Waals surface area contributed by atoms with E-state index in [1.807, 2.05) is 0 Å². The van der Waals surface area contributed by atoms with Gasteiger partial charge in [0.25, 0.3) is 0 Å². The zero-order chi connectivity index (χ0) is 10.7. The Morgan fingerprint density at radius 1 is 1.50 bits per heavy atom. The first kappa shape index (κ1) is 13.2. The summed E-state index contributed by atoms with van der Waals surface area (Å²) in [6, 6.07) is 4.83. The Morgan fingerprint density at radius 3 is 2.94 bits per heavy atom. The maximum absolute atomic E-state index is 13.2. The molecule has 0 saturated carbocycles. The minimum absolute atomic E-state index is 0. The number of morpholine rings is 1. The minimum atomic E-state index is -0.343. The molecule has 16 heavy (non-hydrogen) atoms. The van der Waals surface area contributed by atoms with Gasteiger partial charge in [0.05, 0.1) is 19.8 Å². The Morgan fingerprint density at radius 2 is 2.31 bits per heavy atom. The van der Waals surface area contributed by atoms with E-state index >= 15 is 0 Å². The zero-order valence-corrected chi connectivity index (χ0v) is 9.85. The Balaban J connectivity index is 0.00000128. The van der Waals surface area contributed by atoms with Crippen LogP contribution >= 0.6 is 12.4 Å². The van der Waals surface area contributed by atoms with Gasteiger partial charge in [0.2, 0.25) is 0 Å². The molecule has 1 saturated heterocycles. The summed E-state index contributed by atoms with van der Waals surface area (Å²) in [5.41, 5.74) is 0.945. The third-order valence-electron chi connectivity index (χ3n) is 2.47. The average molecular weight is 248 g/mol. The molecule has 1 unspecified atom stereocenters. The van der Waals surface area contributed by atoms with Crippen LogP contribution in [0.25, 0.3) is 0 Å². The summed E-state index contributed by atoms with van der Waals surface area (Å²) in [6.07, 6.45) is -0.00625.